The normalized spacial score (nSPS) is 21.3. The molecule has 0 aromatic carbocycles. The molecule has 1 aliphatic rings. The van der Waals surface area contributed by atoms with E-state index < -0.39 is 11.9 Å². The van der Waals surface area contributed by atoms with Crippen LogP contribution in [0, 0.1) is 5.92 Å². The van der Waals surface area contributed by atoms with Gasteiger partial charge in [0.1, 0.15) is 5.82 Å². The van der Waals surface area contributed by atoms with E-state index in [9.17, 15) is 9.59 Å². The highest BCUT2D eigenvalue weighted by Gasteiger charge is 2.25. The van der Waals surface area contributed by atoms with Crippen LogP contribution in [0.2, 0.25) is 0 Å². The van der Waals surface area contributed by atoms with E-state index >= 15 is 0 Å². The number of imidazole rings is 1. The zero-order valence-corrected chi connectivity index (χ0v) is 10.5. The summed E-state index contributed by atoms with van der Waals surface area (Å²) in [5.41, 5.74) is 0. The maximum Gasteiger partial charge on any atom is 0.315 e. The number of hydrogen-bond donors (Lipinski definition) is 3. The molecule has 1 aromatic heterocycles. The Balaban J connectivity index is 1.75. The molecule has 19 heavy (non-hydrogen) atoms. The lowest BCUT2D eigenvalue weighted by molar-refractivity contribution is -0.140. The standard InChI is InChI=1S/C12H16N4O3/c1-16-5-4-13-10(16)7-14-12(19)15-9-3-2-8(6-9)11(17)18/h2-5,8-9H,6-7H2,1H3,(H,17,18)(H2,14,15,19). The molecule has 0 spiro atoms. The van der Waals surface area contributed by atoms with Crippen molar-refractivity contribution in [2.24, 2.45) is 13.0 Å². The zero-order valence-electron chi connectivity index (χ0n) is 10.5. The maximum atomic E-state index is 11.6. The molecule has 2 atom stereocenters. The molecule has 3 N–H and O–H groups in total. The SMILES string of the molecule is Cn1ccnc1CNC(=O)NC1C=CC(C(=O)O)C1. The molecule has 2 unspecified atom stereocenters. The fourth-order valence-corrected chi connectivity index (χ4v) is 1.93. The predicted molar refractivity (Wildman–Crippen MR) is 67.3 cm³/mol. The Morgan fingerprint density at radius 1 is 1.53 bits per heavy atom. The van der Waals surface area contributed by atoms with Crippen molar-refractivity contribution in [1.82, 2.24) is 20.2 Å². The van der Waals surface area contributed by atoms with Crippen LogP contribution in [-0.2, 0) is 18.4 Å². The van der Waals surface area contributed by atoms with E-state index in [4.69, 9.17) is 5.11 Å². The van der Waals surface area contributed by atoms with Crippen LogP contribution in [0.1, 0.15) is 12.2 Å². The largest absolute Gasteiger partial charge is 0.481 e. The first kappa shape index (κ1) is 13.1. The van der Waals surface area contributed by atoms with Gasteiger partial charge in [-0.3, -0.25) is 4.79 Å². The first-order chi connectivity index (χ1) is 9.06. The predicted octanol–water partition coefficient (Wildman–Crippen LogP) is 0.249. The van der Waals surface area contributed by atoms with Gasteiger partial charge in [-0.15, -0.1) is 0 Å². The minimum Gasteiger partial charge on any atom is -0.481 e. The van der Waals surface area contributed by atoms with E-state index in [-0.39, 0.29) is 12.1 Å². The Morgan fingerprint density at radius 3 is 2.89 bits per heavy atom. The third kappa shape index (κ3) is 3.34. The van der Waals surface area contributed by atoms with Gasteiger partial charge in [-0.05, 0) is 6.42 Å². The Kier molecular flexibility index (Phi) is 3.84. The molecule has 0 saturated heterocycles. The van der Waals surface area contributed by atoms with Gasteiger partial charge < -0.3 is 20.3 Å². The van der Waals surface area contributed by atoms with Crippen molar-refractivity contribution in [3.8, 4) is 0 Å². The van der Waals surface area contributed by atoms with Crippen molar-refractivity contribution in [1.29, 1.82) is 0 Å². The number of carboxylic acid groups (broad SMARTS) is 1. The fraction of sp³-hybridized carbons (Fsp3) is 0.417. The minimum absolute atomic E-state index is 0.234. The Morgan fingerprint density at radius 2 is 2.32 bits per heavy atom. The van der Waals surface area contributed by atoms with E-state index in [0.29, 0.717) is 13.0 Å². The number of urea groups is 1. The summed E-state index contributed by atoms with van der Waals surface area (Å²) in [4.78, 5) is 26.5. The Bertz CT molecular complexity index is 509. The summed E-state index contributed by atoms with van der Waals surface area (Å²) >= 11 is 0. The van der Waals surface area contributed by atoms with Crippen molar-refractivity contribution >= 4 is 12.0 Å². The van der Waals surface area contributed by atoms with Gasteiger partial charge in [0.2, 0.25) is 0 Å². The molecular weight excluding hydrogens is 248 g/mol. The molecule has 1 heterocycles. The number of aliphatic carboxylic acids is 1. The van der Waals surface area contributed by atoms with Crippen molar-refractivity contribution in [3.63, 3.8) is 0 Å². The smallest absolute Gasteiger partial charge is 0.315 e. The van der Waals surface area contributed by atoms with Crippen molar-refractivity contribution in [3.05, 3.63) is 30.4 Å². The molecule has 1 aliphatic carbocycles. The van der Waals surface area contributed by atoms with Crippen LogP contribution in [0.4, 0.5) is 4.79 Å². The number of aromatic nitrogens is 2. The minimum atomic E-state index is -0.867. The second kappa shape index (κ2) is 5.55. The summed E-state index contributed by atoms with van der Waals surface area (Å²) < 4.78 is 1.82. The Labute approximate surface area is 110 Å². The zero-order chi connectivity index (χ0) is 13.8. The molecule has 0 saturated carbocycles. The van der Waals surface area contributed by atoms with Gasteiger partial charge >= 0.3 is 12.0 Å². The summed E-state index contributed by atoms with van der Waals surface area (Å²) in [6.07, 6.45) is 7.16. The molecule has 2 rings (SSSR count). The van der Waals surface area contributed by atoms with E-state index in [1.165, 1.54) is 0 Å². The number of amides is 2. The van der Waals surface area contributed by atoms with Crippen LogP contribution in [0.25, 0.3) is 0 Å². The van der Waals surface area contributed by atoms with Gasteiger partial charge in [0, 0.05) is 19.4 Å². The highest BCUT2D eigenvalue weighted by molar-refractivity contribution is 5.76. The number of carbonyl (C=O) groups is 2. The van der Waals surface area contributed by atoms with Crippen LogP contribution in [-0.4, -0.2) is 32.7 Å². The topological polar surface area (TPSA) is 96.3 Å². The molecule has 0 fully saturated rings. The summed E-state index contributed by atoms with van der Waals surface area (Å²) in [5, 5.41) is 14.2. The van der Waals surface area contributed by atoms with Gasteiger partial charge in [-0.25, -0.2) is 9.78 Å². The number of nitrogens with one attached hydrogen (secondary N) is 2. The fourth-order valence-electron chi connectivity index (χ4n) is 1.93. The highest BCUT2D eigenvalue weighted by Crippen LogP contribution is 2.17. The van der Waals surface area contributed by atoms with Gasteiger partial charge in [0.15, 0.2) is 0 Å². The molecule has 2 amide bonds. The third-order valence-corrected chi connectivity index (χ3v) is 3.05. The van der Waals surface area contributed by atoms with E-state index in [1.54, 1.807) is 24.5 Å². The van der Waals surface area contributed by atoms with Crippen LogP contribution in [0.3, 0.4) is 0 Å². The van der Waals surface area contributed by atoms with Crippen LogP contribution in [0.5, 0.6) is 0 Å². The number of carboxylic acids is 1. The lowest BCUT2D eigenvalue weighted by Gasteiger charge is -2.13. The van der Waals surface area contributed by atoms with E-state index in [2.05, 4.69) is 15.6 Å². The molecule has 1 aromatic rings. The quantitative estimate of drug-likeness (QED) is 0.679. The van der Waals surface area contributed by atoms with Gasteiger partial charge in [0.25, 0.3) is 0 Å². The molecule has 0 aliphatic heterocycles. The maximum absolute atomic E-state index is 11.6. The van der Waals surface area contributed by atoms with Crippen LogP contribution >= 0.6 is 0 Å². The van der Waals surface area contributed by atoms with Gasteiger partial charge in [-0.2, -0.15) is 0 Å². The summed E-state index contributed by atoms with van der Waals surface area (Å²) in [5.74, 6) is -0.630. The van der Waals surface area contributed by atoms with Crippen molar-refractivity contribution in [2.45, 2.75) is 19.0 Å². The number of carbonyl (C=O) groups excluding carboxylic acids is 1. The lowest BCUT2D eigenvalue weighted by atomic mass is 10.1. The molecule has 7 nitrogen and oxygen atoms in total. The van der Waals surface area contributed by atoms with E-state index in [1.807, 2.05) is 11.6 Å². The molecule has 102 valence electrons. The molecule has 0 bridgehead atoms. The monoisotopic (exact) mass is 264 g/mol. The molecular formula is C12H16N4O3. The third-order valence-electron chi connectivity index (χ3n) is 3.05. The number of rotatable bonds is 4. The highest BCUT2D eigenvalue weighted by atomic mass is 16.4. The number of hydrogen-bond acceptors (Lipinski definition) is 3. The average Bonchev–Trinajstić information content (AvgIpc) is 2.96. The summed E-state index contributed by atoms with van der Waals surface area (Å²) in [6, 6.07) is -0.564. The molecule has 0 radical (unpaired) electrons. The lowest BCUT2D eigenvalue weighted by Crippen LogP contribution is -2.41. The van der Waals surface area contributed by atoms with E-state index in [0.717, 1.165) is 5.82 Å². The first-order valence-electron chi connectivity index (χ1n) is 5.98. The van der Waals surface area contributed by atoms with Gasteiger partial charge in [-0.1, -0.05) is 12.2 Å². The number of nitrogens with zero attached hydrogens (tertiary/aromatic N) is 2. The van der Waals surface area contributed by atoms with Crippen LogP contribution < -0.4 is 10.6 Å². The number of aryl methyl sites for hydroxylation is 1. The Hall–Kier alpha value is -2.31. The summed E-state index contributed by atoms with van der Waals surface area (Å²) in [6.45, 7) is 0.328. The molecule has 7 heteroatoms. The van der Waals surface area contributed by atoms with Gasteiger partial charge in [0.05, 0.1) is 18.5 Å². The average molecular weight is 264 g/mol. The van der Waals surface area contributed by atoms with Crippen molar-refractivity contribution in [2.75, 3.05) is 0 Å². The van der Waals surface area contributed by atoms with Crippen LogP contribution in [0.15, 0.2) is 24.5 Å². The second-order valence-electron chi connectivity index (χ2n) is 4.45. The first-order valence-corrected chi connectivity index (χ1v) is 5.98. The second-order valence-corrected chi connectivity index (χ2v) is 4.45. The van der Waals surface area contributed by atoms with Crippen molar-refractivity contribution < 1.29 is 14.7 Å². The summed E-state index contributed by atoms with van der Waals surface area (Å²) in [7, 11) is 1.85.